The number of hydrogen-bond donors (Lipinski definition) is 0. The molecule has 4 aromatic carbocycles. The molecule has 0 aliphatic rings. The van der Waals surface area contributed by atoms with E-state index in [2.05, 4.69) is 0 Å². The molecule has 0 fully saturated rings. The number of halogens is 14. The Labute approximate surface area is 282 Å². The van der Waals surface area contributed by atoms with Gasteiger partial charge in [0, 0.05) is 22.3 Å². The van der Waals surface area contributed by atoms with Crippen LogP contribution >= 0.6 is 0 Å². The van der Waals surface area contributed by atoms with E-state index < -0.39 is 47.0 Å². The average Bonchev–Trinajstić information content (AvgIpc) is 3.37. The van der Waals surface area contributed by atoms with Crippen molar-refractivity contribution in [2.45, 2.75) is 52.4 Å². The minimum Gasteiger partial charge on any atom is -1.00 e. The molecule has 0 aliphatic heterocycles. The van der Waals surface area contributed by atoms with Gasteiger partial charge >= 0.3 is 50.5 Å². The molecule has 0 aliphatic carbocycles. The molecule has 0 N–H and O–H groups in total. The molecular formula is C30H22Cl2F12Hf. The summed E-state index contributed by atoms with van der Waals surface area (Å²) in [5, 5.41) is 0. The molecule has 15 heteroatoms. The maximum absolute atomic E-state index is 12.8. The monoisotopic (exact) mass is 860 g/mol. The van der Waals surface area contributed by atoms with Crippen molar-refractivity contribution in [3.8, 4) is 22.3 Å². The topological polar surface area (TPSA) is 0 Å². The van der Waals surface area contributed by atoms with Gasteiger partial charge in [-0.05, 0) is 0 Å². The first-order valence-electron chi connectivity index (χ1n) is 12.0. The van der Waals surface area contributed by atoms with Crippen molar-refractivity contribution in [1.29, 1.82) is 0 Å². The van der Waals surface area contributed by atoms with Crippen LogP contribution in [-0.2, 0) is 50.5 Å². The first-order chi connectivity index (χ1) is 19.0. The summed E-state index contributed by atoms with van der Waals surface area (Å²) in [6.45, 7) is 6.99. The van der Waals surface area contributed by atoms with E-state index in [9.17, 15) is 52.7 Å². The molecule has 0 radical (unpaired) electrons. The molecule has 4 rings (SSSR count). The zero-order chi connectivity index (χ0) is 32.0. The molecule has 0 bridgehead atoms. The predicted molar refractivity (Wildman–Crippen MR) is 134 cm³/mol. The first-order valence-corrected chi connectivity index (χ1v) is 12.0. The third-order valence-corrected chi connectivity index (χ3v) is 6.57. The molecule has 0 nitrogen and oxygen atoms in total. The van der Waals surface area contributed by atoms with Gasteiger partial charge in [-0.3, -0.25) is 0 Å². The predicted octanol–water partition coefficient (Wildman–Crippen LogP) is 5.46. The fourth-order valence-corrected chi connectivity index (χ4v) is 4.05. The van der Waals surface area contributed by atoms with Gasteiger partial charge in [-0.2, -0.15) is 52.7 Å². The van der Waals surface area contributed by atoms with E-state index in [1.54, 1.807) is 52.0 Å². The summed E-state index contributed by atoms with van der Waals surface area (Å²) in [5.74, 6) is 0. The molecule has 0 saturated heterocycles. The summed E-state index contributed by atoms with van der Waals surface area (Å²) in [4.78, 5) is 0. The number of hydrogen-bond acceptors (Lipinski definition) is 0. The number of aryl methyl sites for hydroxylation is 4. The summed E-state index contributed by atoms with van der Waals surface area (Å²) >= 11 is 0. The molecule has 0 atom stereocenters. The molecule has 0 saturated carbocycles. The normalized spacial score (nSPS) is 11.9. The van der Waals surface area contributed by atoms with E-state index in [4.69, 9.17) is 0 Å². The molecule has 0 spiro atoms. The van der Waals surface area contributed by atoms with Crippen molar-refractivity contribution in [1.82, 2.24) is 0 Å². The van der Waals surface area contributed by atoms with Gasteiger partial charge in [0.2, 0.25) is 0 Å². The van der Waals surface area contributed by atoms with Gasteiger partial charge in [0.05, 0.1) is 0 Å². The molecule has 0 aromatic heterocycles. The van der Waals surface area contributed by atoms with Crippen molar-refractivity contribution >= 4 is 0 Å². The smallest absolute Gasteiger partial charge is 1.00 e. The van der Waals surface area contributed by atoms with E-state index in [0.29, 0.717) is 11.1 Å². The van der Waals surface area contributed by atoms with E-state index in [0.717, 1.165) is 46.5 Å². The fraction of sp³-hybridized carbons (Fsp3) is 0.267. The molecular weight excluding hydrogens is 838 g/mol. The van der Waals surface area contributed by atoms with Crippen LogP contribution in [0.1, 0.15) is 44.5 Å². The van der Waals surface area contributed by atoms with Crippen LogP contribution in [0.25, 0.3) is 22.3 Å². The summed E-state index contributed by atoms with van der Waals surface area (Å²) in [5.41, 5.74) is -1.43. The minimum atomic E-state index is -4.83. The van der Waals surface area contributed by atoms with Crippen LogP contribution in [0.3, 0.4) is 0 Å². The van der Waals surface area contributed by atoms with Crippen molar-refractivity contribution in [3.05, 3.63) is 105 Å². The van der Waals surface area contributed by atoms with Gasteiger partial charge in [0.25, 0.3) is 0 Å². The quantitative estimate of drug-likeness (QED) is 0.143. The SMILES string of the molecule is Cc1c[c-](-c2cc(C(F)(F)F)cc(C(F)(F)F)c2)cc1C.Cc1c[c-](-c2cc(C(F)(F)F)cc(C(F)(F)F)c2)cc1C.[Cl-].[Cl-].[Hf+4]. The van der Waals surface area contributed by atoms with Crippen LogP contribution < -0.4 is 24.8 Å². The van der Waals surface area contributed by atoms with E-state index in [1.807, 2.05) is 0 Å². The van der Waals surface area contributed by atoms with Gasteiger partial charge in [-0.1, -0.05) is 51.0 Å². The second kappa shape index (κ2) is 15.1. The van der Waals surface area contributed by atoms with Crippen molar-refractivity contribution in [2.24, 2.45) is 0 Å². The first kappa shape index (κ1) is 42.8. The standard InChI is InChI=1S/2C15H11F6.2ClH.Hf/c2*1-8-3-10(4-9(8)2)11-5-12(14(16,17)18)7-13(6-11)15(19,20)21;;;/h2*3-7H,1-2H3;2*1H;/q2*-1;;;+4/p-2. The number of benzene rings is 2. The van der Waals surface area contributed by atoms with E-state index in [-0.39, 0.29) is 73.9 Å². The molecule has 0 unspecified atom stereocenters. The number of alkyl halides is 12. The maximum atomic E-state index is 12.8. The molecule has 4 aromatic rings. The Bertz CT molecular complexity index is 1350. The Morgan fingerprint density at radius 1 is 0.378 bits per heavy atom. The van der Waals surface area contributed by atoms with E-state index >= 15 is 0 Å². The summed E-state index contributed by atoms with van der Waals surface area (Å²) < 4.78 is 153. The zero-order valence-corrected chi connectivity index (χ0v) is 28.7. The zero-order valence-electron chi connectivity index (χ0n) is 23.6. The van der Waals surface area contributed by atoms with Gasteiger partial charge in [-0.25, -0.2) is 0 Å². The summed E-state index contributed by atoms with van der Waals surface area (Å²) in [6, 6.07) is 9.52. The molecule has 45 heavy (non-hydrogen) atoms. The Morgan fingerprint density at radius 2 is 0.556 bits per heavy atom. The Hall–Kier alpha value is -2.25. The van der Waals surface area contributed by atoms with Crippen LogP contribution in [0.15, 0.2) is 60.7 Å². The molecule has 0 amide bonds. The van der Waals surface area contributed by atoms with Crippen molar-refractivity contribution < 1.29 is 103 Å². The van der Waals surface area contributed by atoms with Crippen molar-refractivity contribution in [3.63, 3.8) is 0 Å². The van der Waals surface area contributed by atoms with Gasteiger partial charge in [-0.15, -0.1) is 81.9 Å². The Kier molecular flexibility index (Phi) is 14.3. The summed E-state index contributed by atoms with van der Waals surface area (Å²) in [7, 11) is 0. The van der Waals surface area contributed by atoms with Crippen LogP contribution in [0, 0.1) is 27.7 Å². The van der Waals surface area contributed by atoms with Gasteiger partial charge in [0.15, 0.2) is 0 Å². The van der Waals surface area contributed by atoms with Gasteiger partial charge < -0.3 is 24.8 Å². The van der Waals surface area contributed by atoms with Gasteiger partial charge in [0.1, 0.15) is 0 Å². The van der Waals surface area contributed by atoms with Crippen molar-refractivity contribution in [2.75, 3.05) is 0 Å². The summed E-state index contributed by atoms with van der Waals surface area (Å²) in [6.07, 6.45) is -19.3. The molecule has 0 heterocycles. The third-order valence-electron chi connectivity index (χ3n) is 6.57. The maximum Gasteiger partial charge on any atom is 4.00 e. The largest absolute Gasteiger partial charge is 4.00 e. The Morgan fingerprint density at radius 3 is 0.711 bits per heavy atom. The van der Waals surface area contributed by atoms with Crippen LogP contribution in [0.4, 0.5) is 52.7 Å². The third kappa shape index (κ3) is 10.9. The minimum absolute atomic E-state index is 0. The van der Waals surface area contributed by atoms with E-state index in [1.165, 1.54) is 0 Å². The second-order valence-electron chi connectivity index (χ2n) is 9.81. The van der Waals surface area contributed by atoms with Crippen LogP contribution in [0.5, 0.6) is 0 Å². The van der Waals surface area contributed by atoms with Crippen LogP contribution in [0.2, 0.25) is 0 Å². The fourth-order valence-electron chi connectivity index (χ4n) is 4.05. The van der Waals surface area contributed by atoms with Crippen LogP contribution in [-0.4, -0.2) is 0 Å². The average molecular weight is 860 g/mol. The second-order valence-corrected chi connectivity index (χ2v) is 9.81. The Balaban J connectivity index is 0.000000807. The number of rotatable bonds is 2. The molecule has 244 valence electrons.